The van der Waals surface area contributed by atoms with Crippen molar-refractivity contribution in [3.63, 3.8) is 0 Å². The maximum absolute atomic E-state index is 11.7. The molecule has 0 unspecified atom stereocenters. The Kier molecular flexibility index (Phi) is 4.53. The van der Waals surface area contributed by atoms with Crippen molar-refractivity contribution in [2.45, 2.75) is 57.5 Å². The van der Waals surface area contributed by atoms with Gasteiger partial charge in [-0.15, -0.1) is 0 Å². The van der Waals surface area contributed by atoms with E-state index >= 15 is 0 Å². The number of urea groups is 1. The Balaban J connectivity index is 2.37. The highest BCUT2D eigenvalue weighted by atomic mass is 32.1. The van der Waals surface area contributed by atoms with Crippen LogP contribution >= 0.6 is 12.2 Å². The molecule has 0 heterocycles. The van der Waals surface area contributed by atoms with E-state index in [1.807, 2.05) is 0 Å². The number of hydrogen-bond acceptors (Lipinski definition) is 2. The number of rotatable bonds is 3. The van der Waals surface area contributed by atoms with E-state index in [0.717, 1.165) is 12.8 Å². The Morgan fingerprint density at radius 1 is 1.31 bits per heavy atom. The third-order valence-corrected chi connectivity index (χ3v) is 3.49. The number of thiocarbonyl (C=S) groups is 1. The van der Waals surface area contributed by atoms with Crippen LogP contribution in [-0.4, -0.2) is 22.6 Å². The van der Waals surface area contributed by atoms with E-state index in [0.29, 0.717) is 11.0 Å². The van der Waals surface area contributed by atoms with Gasteiger partial charge in [-0.25, -0.2) is 4.79 Å². The molecule has 0 atom stereocenters. The Bertz CT molecular complexity index is 272. The van der Waals surface area contributed by atoms with Gasteiger partial charge in [0.15, 0.2) is 0 Å². The van der Waals surface area contributed by atoms with Crippen molar-refractivity contribution in [2.75, 3.05) is 0 Å². The molecule has 4 nitrogen and oxygen atoms in total. The lowest BCUT2D eigenvalue weighted by atomic mass is 9.96. The molecular weight excluding hydrogens is 222 g/mol. The second kappa shape index (κ2) is 5.48. The molecule has 92 valence electrons. The lowest BCUT2D eigenvalue weighted by Crippen LogP contribution is -2.56. The van der Waals surface area contributed by atoms with Crippen molar-refractivity contribution in [1.82, 2.24) is 10.6 Å². The minimum Gasteiger partial charge on any atom is -0.391 e. The van der Waals surface area contributed by atoms with Crippen LogP contribution in [0.1, 0.15) is 46.0 Å². The summed E-state index contributed by atoms with van der Waals surface area (Å²) in [6.45, 7) is 3.60. The summed E-state index contributed by atoms with van der Waals surface area (Å²) in [5.41, 5.74) is 4.91. The smallest absolute Gasteiger partial charge is 0.315 e. The molecule has 2 amide bonds. The maximum Gasteiger partial charge on any atom is 0.315 e. The van der Waals surface area contributed by atoms with Gasteiger partial charge < -0.3 is 16.4 Å². The summed E-state index contributed by atoms with van der Waals surface area (Å²) in [5.74, 6) is 0. The molecule has 0 bridgehead atoms. The van der Waals surface area contributed by atoms with Gasteiger partial charge in [-0.3, -0.25) is 0 Å². The highest BCUT2D eigenvalue weighted by Crippen LogP contribution is 2.17. The average Bonchev–Trinajstić information content (AvgIpc) is 2.17. The van der Waals surface area contributed by atoms with E-state index in [1.54, 1.807) is 13.8 Å². The van der Waals surface area contributed by atoms with Gasteiger partial charge in [-0.2, -0.15) is 0 Å². The van der Waals surface area contributed by atoms with Gasteiger partial charge in [0.1, 0.15) is 0 Å². The SMILES string of the molecule is CC(C)(NC(=O)NC1CCCCC1)C(N)=S. The molecule has 0 radical (unpaired) electrons. The van der Waals surface area contributed by atoms with Gasteiger partial charge in [0.05, 0.1) is 10.5 Å². The zero-order valence-electron chi connectivity index (χ0n) is 10.0. The summed E-state index contributed by atoms with van der Waals surface area (Å²) >= 11 is 4.89. The maximum atomic E-state index is 11.7. The second-order valence-corrected chi connectivity index (χ2v) is 5.36. The molecule has 1 fully saturated rings. The van der Waals surface area contributed by atoms with Gasteiger partial charge in [0.25, 0.3) is 0 Å². The van der Waals surface area contributed by atoms with Crippen molar-refractivity contribution in [1.29, 1.82) is 0 Å². The van der Waals surface area contributed by atoms with Gasteiger partial charge in [0.2, 0.25) is 0 Å². The van der Waals surface area contributed by atoms with Gasteiger partial charge in [-0.1, -0.05) is 31.5 Å². The monoisotopic (exact) mass is 243 g/mol. The van der Waals surface area contributed by atoms with Crippen LogP contribution in [0.25, 0.3) is 0 Å². The van der Waals surface area contributed by atoms with Crippen molar-refractivity contribution in [2.24, 2.45) is 5.73 Å². The van der Waals surface area contributed by atoms with Crippen LogP contribution in [0.3, 0.4) is 0 Å². The Hall–Kier alpha value is -0.840. The van der Waals surface area contributed by atoms with Crippen molar-refractivity contribution < 1.29 is 4.79 Å². The largest absolute Gasteiger partial charge is 0.391 e. The summed E-state index contributed by atoms with van der Waals surface area (Å²) in [4.78, 5) is 12.0. The Morgan fingerprint density at radius 3 is 2.38 bits per heavy atom. The van der Waals surface area contributed by atoms with Crippen molar-refractivity contribution >= 4 is 23.2 Å². The molecule has 0 saturated heterocycles. The number of carbonyl (C=O) groups is 1. The van der Waals surface area contributed by atoms with Gasteiger partial charge in [0, 0.05) is 6.04 Å². The Labute approximate surface area is 102 Å². The molecule has 16 heavy (non-hydrogen) atoms. The summed E-state index contributed by atoms with van der Waals surface area (Å²) in [7, 11) is 0. The molecule has 0 aromatic rings. The molecule has 1 aliphatic carbocycles. The molecule has 0 aliphatic heterocycles. The first kappa shape index (κ1) is 13.2. The predicted octanol–water partition coefficient (Wildman–Crippen LogP) is 1.68. The number of hydrogen-bond donors (Lipinski definition) is 3. The molecular formula is C11H21N3OS. The summed E-state index contributed by atoms with van der Waals surface area (Å²) < 4.78 is 0. The van der Waals surface area contributed by atoms with Crippen LogP contribution in [0.4, 0.5) is 4.79 Å². The fourth-order valence-electron chi connectivity index (χ4n) is 1.81. The number of carbonyl (C=O) groups excluding carboxylic acids is 1. The first-order valence-corrected chi connectivity index (χ1v) is 6.21. The number of nitrogens with two attached hydrogens (primary N) is 1. The fourth-order valence-corrected chi connectivity index (χ4v) is 1.86. The van der Waals surface area contributed by atoms with Crippen LogP contribution in [0, 0.1) is 0 Å². The molecule has 0 spiro atoms. The summed E-state index contributed by atoms with van der Waals surface area (Å²) in [6, 6.07) is 0.126. The molecule has 1 aliphatic rings. The highest BCUT2D eigenvalue weighted by molar-refractivity contribution is 7.80. The zero-order valence-corrected chi connectivity index (χ0v) is 10.8. The van der Waals surface area contributed by atoms with Gasteiger partial charge >= 0.3 is 6.03 Å². The molecule has 1 rings (SSSR count). The van der Waals surface area contributed by atoms with E-state index in [1.165, 1.54) is 19.3 Å². The normalized spacial score (nSPS) is 17.9. The summed E-state index contributed by atoms with van der Waals surface area (Å²) in [6.07, 6.45) is 5.81. The molecule has 5 heteroatoms. The van der Waals surface area contributed by atoms with E-state index in [4.69, 9.17) is 18.0 Å². The van der Waals surface area contributed by atoms with E-state index < -0.39 is 5.54 Å². The predicted molar refractivity (Wildman–Crippen MR) is 69.4 cm³/mol. The quantitative estimate of drug-likeness (QED) is 0.661. The number of nitrogens with one attached hydrogen (secondary N) is 2. The molecule has 0 aromatic carbocycles. The second-order valence-electron chi connectivity index (χ2n) is 4.92. The standard InChI is InChI=1S/C11H21N3OS/c1-11(2,9(12)16)14-10(15)13-8-6-4-3-5-7-8/h8H,3-7H2,1-2H3,(H2,12,16)(H2,13,14,15). The molecule has 1 saturated carbocycles. The zero-order chi connectivity index (χ0) is 12.2. The highest BCUT2D eigenvalue weighted by Gasteiger charge is 2.25. The van der Waals surface area contributed by atoms with Crippen LogP contribution in [0.5, 0.6) is 0 Å². The lowest BCUT2D eigenvalue weighted by Gasteiger charge is -2.28. The molecule has 4 N–H and O–H groups in total. The van der Waals surface area contributed by atoms with Crippen LogP contribution in [-0.2, 0) is 0 Å². The fraction of sp³-hybridized carbons (Fsp3) is 0.818. The average molecular weight is 243 g/mol. The first-order valence-electron chi connectivity index (χ1n) is 5.80. The third kappa shape index (κ3) is 3.96. The first-order chi connectivity index (χ1) is 7.42. The van der Waals surface area contributed by atoms with Crippen molar-refractivity contribution in [3.8, 4) is 0 Å². The summed E-state index contributed by atoms with van der Waals surface area (Å²) in [5, 5.41) is 5.75. The third-order valence-electron chi connectivity index (χ3n) is 2.98. The number of amides is 2. The van der Waals surface area contributed by atoms with E-state index in [-0.39, 0.29) is 6.03 Å². The van der Waals surface area contributed by atoms with E-state index in [9.17, 15) is 4.79 Å². The minimum absolute atomic E-state index is 0.176. The van der Waals surface area contributed by atoms with Crippen LogP contribution < -0.4 is 16.4 Å². The Morgan fingerprint density at radius 2 is 1.88 bits per heavy atom. The van der Waals surface area contributed by atoms with Gasteiger partial charge in [-0.05, 0) is 26.7 Å². The van der Waals surface area contributed by atoms with Crippen LogP contribution in [0.15, 0.2) is 0 Å². The van der Waals surface area contributed by atoms with E-state index in [2.05, 4.69) is 10.6 Å². The minimum atomic E-state index is -0.631. The topological polar surface area (TPSA) is 67.2 Å². The lowest BCUT2D eigenvalue weighted by molar-refractivity contribution is 0.227. The van der Waals surface area contributed by atoms with Crippen LogP contribution in [0.2, 0.25) is 0 Å². The van der Waals surface area contributed by atoms with Crippen molar-refractivity contribution in [3.05, 3.63) is 0 Å². The molecule has 0 aromatic heterocycles.